The zero-order chi connectivity index (χ0) is 11.5. The van der Waals surface area contributed by atoms with E-state index in [9.17, 15) is 5.11 Å². The van der Waals surface area contributed by atoms with Crippen molar-refractivity contribution in [1.29, 1.82) is 0 Å². The van der Waals surface area contributed by atoms with E-state index in [1.54, 1.807) is 23.5 Å². The van der Waals surface area contributed by atoms with Crippen LogP contribution in [0.4, 0.5) is 0 Å². The number of nitrogens with two attached hydrogens (primary N) is 1. The van der Waals surface area contributed by atoms with Gasteiger partial charge in [-0.2, -0.15) is 0 Å². The smallest absolute Gasteiger partial charge is 0.115 e. The molecule has 4 heteroatoms. The van der Waals surface area contributed by atoms with E-state index in [2.05, 4.69) is 22.0 Å². The lowest BCUT2D eigenvalue weighted by atomic mass is 9.98. The Morgan fingerprint density at radius 2 is 1.88 bits per heavy atom. The average molecular weight is 298 g/mol. The number of aromatic hydroxyl groups is 1. The molecule has 0 fully saturated rings. The largest absolute Gasteiger partial charge is 0.508 e. The molecule has 2 aromatic rings. The highest BCUT2D eigenvalue weighted by Crippen LogP contribution is 2.32. The Hall–Kier alpha value is -0.840. The number of halogens is 1. The molecule has 84 valence electrons. The molecule has 0 amide bonds. The number of benzene rings is 1. The van der Waals surface area contributed by atoms with E-state index in [-0.39, 0.29) is 11.7 Å². The fourth-order valence-electron chi connectivity index (χ4n) is 1.64. The molecule has 0 saturated heterocycles. The summed E-state index contributed by atoms with van der Waals surface area (Å²) in [4.78, 5) is 1.24. The van der Waals surface area contributed by atoms with Gasteiger partial charge in [0.15, 0.2) is 0 Å². The minimum absolute atomic E-state index is 0.205. The number of hydrogen-bond acceptors (Lipinski definition) is 3. The average Bonchev–Trinajstić information content (AvgIpc) is 2.69. The van der Waals surface area contributed by atoms with Gasteiger partial charge in [-0.25, -0.2) is 0 Å². The van der Waals surface area contributed by atoms with Crippen molar-refractivity contribution in [3.63, 3.8) is 0 Å². The maximum Gasteiger partial charge on any atom is 0.115 e. The summed E-state index contributed by atoms with van der Waals surface area (Å²) < 4.78 is 1.11. The van der Waals surface area contributed by atoms with Crippen LogP contribution < -0.4 is 5.73 Å². The van der Waals surface area contributed by atoms with Gasteiger partial charge in [-0.15, -0.1) is 11.3 Å². The number of thiophene rings is 1. The number of phenols is 1. The van der Waals surface area contributed by atoms with E-state index >= 15 is 0 Å². The molecule has 1 aromatic carbocycles. The van der Waals surface area contributed by atoms with E-state index in [0.29, 0.717) is 6.54 Å². The molecule has 1 heterocycles. The predicted octanol–water partition coefficient (Wildman–Crippen LogP) is 3.31. The molecule has 16 heavy (non-hydrogen) atoms. The van der Waals surface area contributed by atoms with E-state index in [1.807, 2.05) is 18.2 Å². The fraction of sp³-hybridized carbons (Fsp3) is 0.167. The molecule has 0 aliphatic rings. The van der Waals surface area contributed by atoms with Crippen molar-refractivity contribution in [2.75, 3.05) is 6.54 Å². The van der Waals surface area contributed by atoms with Crippen LogP contribution in [0.3, 0.4) is 0 Å². The van der Waals surface area contributed by atoms with Crippen molar-refractivity contribution in [3.05, 3.63) is 50.6 Å². The van der Waals surface area contributed by atoms with Gasteiger partial charge >= 0.3 is 0 Å². The highest BCUT2D eigenvalue weighted by Gasteiger charge is 2.14. The highest BCUT2D eigenvalue weighted by atomic mass is 79.9. The lowest BCUT2D eigenvalue weighted by Gasteiger charge is -2.13. The van der Waals surface area contributed by atoms with Gasteiger partial charge in [-0.05, 0) is 45.8 Å². The number of hydrogen-bond donors (Lipinski definition) is 2. The van der Waals surface area contributed by atoms with E-state index in [1.165, 1.54) is 4.88 Å². The van der Waals surface area contributed by atoms with Crippen LogP contribution in [0.1, 0.15) is 16.4 Å². The van der Waals surface area contributed by atoms with Crippen molar-refractivity contribution < 1.29 is 5.11 Å². The molecule has 0 aliphatic carbocycles. The molecule has 2 nitrogen and oxygen atoms in total. The second-order valence-corrected chi connectivity index (χ2v) is 6.02. The summed E-state index contributed by atoms with van der Waals surface area (Å²) in [5.74, 6) is 0.490. The molecule has 1 atom stereocenters. The van der Waals surface area contributed by atoms with Gasteiger partial charge in [0.25, 0.3) is 0 Å². The van der Waals surface area contributed by atoms with Crippen molar-refractivity contribution in [3.8, 4) is 5.75 Å². The zero-order valence-corrected chi connectivity index (χ0v) is 11.0. The Labute approximate surface area is 107 Å². The Morgan fingerprint density at radius 1 is 1.19 bits per heavy atom. The third-order valence-corrected chi connectivity index (χ3v) is 4.21. The molecule has 0 radical (unpaired) electrons. The normalized spacial score (nSPS) is 12.6. The van der Waals surface area contributed by atoms with Crippen LogP contribution in [0.5, 0.6) is 5.75 Å². The predicted molar refractivity (Wildman–Crippen MR) is 71.0 cm³/mol. The first-order chi connectivity index (χ1) is 7.70. The minimum Gasteiger partial charge on any atom is -0.508 e. The molecule has 0 saturated carbocycles. The SMILES string of the molecule is NCC(c1ccc(O)cc1)c1ccc(Br)s1. The standard InChI is InChI=1S/C12H12BrNOS/c13-12-6-5-11(16-12)10(7-14)8-1-3-9(15)4-2-8/h1-6,10,15H,7,14H2. The van der Waals surface area contributed by atoms with E-state index in [0.717, 1.165) is 9.35 Å². The topological polar surface area (TPSA) is 46.2 Å². The van der Waals surface area contributed by atoms with Crippen LogP contribution in [-0.2, 0) is 0 Å². The summed E-state index contributed by atoms with van der Waals surface area (Å²) in [7, 11) is 0. The van der Waals surface area contributed by atoms with Crippen molar-refractivity contribution in [2.24, 2.45) is 5.73 Å². The number of phenolic OH excluding ortho intramolecular Hbond substituents is 1. The Balaban J connectivity index is 2.32. The second kappa shape index (κ2) is 4.99. The third kappa shape index (κ3) is 2.45. The van der Waals surface area contributed by atoms with Crippen molar-refractivity contribution in [2.45, 2.75) is 5.92 Å². The monoisotopic (exact) mass is 297 g/mol. The number of rotatable bonds is 3. The first-order valence-electron chi connectivity index (χ1n) is 4.95. The highest BCUT2D eigenvalue weighted by molar-refractivity contribution is 9.11. The molecule has 0 bridgehead atoms. The van der Waals surface area contributed by atoms with E-state index in [4.69, 9.17) is 5.73 Å². The lowest BCUT2D eigenvalue weighted by molar-refractivity contribution is 0.475. The van der Waals surface area contributed by atoms with Crippen LogP contribution in [0.15, 0.2) is 40.2 Å². The molecule has 3 N–H and O–H groups in total. The molecule has 1 unspecified atom stereocenters. The van der Waals surface area contributed by atoms with Crippen molar-refractivity contribution in [1.82, 2.24) is 0 Å². The van der Waals surface area contributed by atoms with Crippen LogP contribution in [-0.4, -0.2) is 11.7 Å². The molecular formula is C12H12BrNOS. The maximum atomic E-state index is 9.25. The summed E-state index contributed by atoms with van der Waals surface area (Å²) in [6.07, 6.45) is 0. The van der Waals surface area contributed by atoms with Crippen LogP contribution in [0.25, 0.3) is 0 Å². The van der Waals surface area contributed by atoms with Crippen LogP contribution >= 0.6 is 27.3 Å². The summed E-state index contributed by atoms with van der Waals surface area (Å²) in [5, 5.41) is 9.25. The fourth-order valence-corrected chi connectivity index (χ4v) is 3.20. The zero-order valence-electron chi connectivity index (χ0n) is 8.56. The second-order valence-electron chi connectivity index (χ2n) is 3.52. The quantitative estimate of drug-likeness (QED) is 0.913. The molecular weight excluding hydrogens is 286 g/mol. The molecule has 1 aromatic heterocycles. The van der Waals surface area contributed by atoms with E-state index < -0.39 is 0 Å². The first-order valence-corrected chi connectivity index (χ1v) is 6.56. The molecule has 2 rings (SSSR count). The minimum atomic E-state index is 0.205. The summed E-state index contributed by atoms with van der Waals surface area (Å²) in [6, 6.07) is 11.3. The van der Waals surface area contributed by atoms with Crippen LogP contribution in [0.2, 0.25) is 0 Å². The van der Waals surface area contributed by atoms with Crippen molar-refractivity contribution >= 4 is 27.3 Å². The Bertz CT molecular complexity index is 466. The van der Waals surface area contributed by atoms with Gasteiger partial charge in [0.05, 0.1) is 3.79 Å². The lowest BCUT2D eigenvalue weighted by Crippen LogP contribution is -2.12. The maximum absolute atomic E-state index is 9.25. The summed E-state index contributed by atoms with van der Waals surface area (Å²) in [5.41, 5.74) is 6.95. The van der Waals surface area contributed by atoms with Crippen LogP contribution in [0, 0.1) is 0 Å². The third-order valence-electron chi connectivity index (χ3n) is 2.47. The Morgan fingerprint density at radius 3 is 2.38 bits per heavy atom. The molecule has 0 aliphatic heterocycles. The van der Waals surface area contributed by atoms with Gasteiger partial charge in [0.2, 0.25) is 0 Å². The van der Waals surface area contributed by atoms with Gasteiger partial charge in [-0.3, -0.25) is 0 Å². The van der Waals surface area contributed by atoms with Gasteiger partial charge in [-0.1, -0.05) is 12.1 Å². The summed E-state index contributed by atoms with van der Waals surface area (Å²) in [6.45, 7) is 0.567. The van der Waals surface area contributed by atoms with Gasteiger partial charge in [0, 0.05) is 17.3 Å². The summed E-state index contributed by atoms with van der Waals surface area (Å²) >= 11 is 5.15. The Kier molecular flexibility index (Phi) is 3.63. The first kappa shape index (κ1) is 11.6. The molecule has 0 spiro atoms. The van der Waals surface area contributed by atoms with Gasteiger partial charge < -0.3 is 10.8 Å². The van der Waals surface area contributed by atoms with Gasteiger partial charge in [0.1, 0.15) is 5.75 Å².